The molecule has 13 heavy (non-hydrogen) atoms. The fraction of sp³-hybridized carbons (Fsp3) is 0.300. The van der Waals surface area contributed by atoms with E-state index in [1.165, 1.54) is 5.56 Å². The van der Waals surface area contributed by atoms with E-state index < -0.39 is 0 Å². The first kappa shape index (κ1) is 8.26. The Bertz CT molecular complexity index is 287. The molecule has 2 rings (SSSR count). The molecule has 1 amide bonds. The zero-order chi connectivity index (χ0) is 9.10. The van der Waals surface area contributed by atoms with Crippen LogP contribution in [-0.2, 0) is 4.79 Å². The number of carbonyl (C=O) groups is 1. The third-order valence-corrected chi connectivity index (χ3v) is 2.21. The summed E-state index contributed by atoms with van der Waals surface area (Å²) in [6.45, 7) is 1.10. The molecule has 1 aromatic rings. The lowest BCUT2D eigenvalue weighted by atomic mass is 10.1. The molecule has 1 unspecified atom stereocenters. The van der Waals surface area contributed by atoms with Gasteiger partial charge in [0.1, 0.15) is 0 Å². The van der Waals surface area contributed by atoms with Crippen molar-refractivity contribution >= 4 is 5.91 Å². The lowest BCUT2D eigenvalue weighted by Gasteiger charge is -2.24. The highest BCUT2D eigenvalue weighted by Crippen LogP contribution is 2.12. The summed E-state index contributed by atoms with van der Waals surface area (Å²) >= 11 is 0. The van der Waals surface area contributed by atoms with E-state index >= 15 is 0 Å². The Morgan fingerprint density at radius 3 is 2.62 bits per heavy atom. The van der Waals surface area contributed by atoms with Gasteiger partial charge in [0.05, 0.1) is 12.6 Å². The normalized spacial score (nSPS) is 22.5. The van der Waals surface area contributed by atoms with Crippen molar-refractivity contribution in [2.24, 2.45) is 0 Å². The van der Waals surface area contributed by atoms with Crippen LogP contribution < -0.4 is 10.6 Å². The first-order valence-electron chi connectivity index (χ1n) is 4.41. The molecule has 68 valence electrons. The van der Waals surface area contributed by atoms with E-state index in [1.54, 1.807) is 0 Å². The predicted molar refractivity (Wildman–Crippen MR) is 50.2 cm³/mol. The minimum absolute atomic E-state index is 0.0761. The van der Waals surface area contributed by atoms with Gasteiger partial charge in [0.25, 0.3) is 0 Å². The Morgan fingerprint density at radius 2 is 2.00 bits per heavy atom. The standard InChI is InChI=1S/C10H12N2O/c13-10-7-11-9(6-12-10)8-4-2-1-3-5-8/h1-5,9,11H,6-7H2,(H,12,13). The Hall–Kier alpha value is -1.35. The third-order valence-electron chi connectivity index (χ3n) is 2.21. The molecule has 0 saturated carbocycles. The van der Waals surface area contributed by atoms with E-state index in [1.807, 2.05) is 18.2 Å². The third kappa shape index (κ3) is 1.87. The topological polar surface area (TPSA) is 41.1 Å². The first-order valence-corrected chi connectivity index (χ1v) is 4.41. The van der Waals surface area contributed by atoms with Crippen LogP contribution in [0.2, 0.25) is 0 Å². The maximum absolute atomic E-state index is 10.9. The highest BCUT2D eigenvalue weighted by molar-refractivity contribution is 5.78. The number of piperazine rings is 1. The fourth-order valence-corrected chi connectivity index (χ4v) is 1.49. The largest absolute Gasteiger partial charge is 0.353 e. The summed E-state index contributed by atoms with van der Waals surface area (Å²) in [4.78, 5) is 10.9. The van der Waals surface area contributed by atoms with Crippen LogP contribution in [0, 0.1) is 0 Å². The Morgan fingerprint density at radius 1 is 1.23 bits per heavy atom. The quantitative estimate of drug-likeness (QED) is 0.652. The summed E-state index contributed by atoms with van der Waals surface area (Å²) in [7, 11) is 0. The van der Waals surface area contributed by atoms with E-state index in [0.29, 0.717) is 13.1 Å². The van der Waals surface area contributed by atoms with E-state index in [4.69, 9.17) is 0 Å². The van der Waals surface area contributed by atoms with Crippen LogP contribution in [0.1, 0.15) is 11.6 Å². The summed E-state index contributed by atoms with van der Waals surface area (Å²) in [5.74, 6) is 0.0761. The van der Waals surface area contributed by atoms with Crippen LogP contribution in [0.5, 0.6) is 0 Å². The van der Waals surface area contributed by atoms with Crippen LogP contribution >= 0.6 is 0 Å². The molecular weight excluding hydrogens is 164 g/mol. The molecular formula is C10H12N2O. The summed E-state index contributed by atoms with van der Waals surface area (Å²) in [6, 6.07) is 10.4. The zero-order valence-corrected chi connectivity index (χ0v) is 7.29. The second-order valence-electron chi connectivity index (χ2n) is 3.15. The van der Waals surface area contributed by atoms with Crippen LogP contribution in [0.15, 0.2) is 30.3 Å². The van der Waals surface area contributed by atoms with Gasteiger partial charge < -0.3 is 5.32 Å². The summed E-state index contributed by atoms with van der Waals surface area (Å²) in [5.41, 5.74) is 1.22. The zero-order valence-electron chi connectivity index (χ0n) is 7.29. The number of hydrogen-bond donors (Lipinski definition) is 2. The molecule has 0 aliphatic carbocycles. The van der Waals surface area contributed by atoms with E-state index in [-0.39, 0.29) is 11.9 Å². The second kappa shape index (κ2) is 3.58. The van der Waals surface area contributed by atoms with Crippen molar-refractivity contribution in [3.8, 4) is 0 Å². The highest BCUT2D eigenvalue weighted by Gasteiger charge is 2.17. The number of benzene rings is 1. The van der Waals surface area contributed by atoms with Crippen molar-refractivity contribution in [3.05, 3.63) is 35.9 Å². The minimum Gasteiger partial charge on any atom is -0.353 e. The van der Waals surface area contributed by atoms with Crippen LogP contribution in [0.4, 0.5) is 0 Å². The molecule has 1 atom stereocenters. The van der Waals surface area contributed by atoms with E-state index in [0.717, 1.165) is 0 Å². The van der Waals surface area contributed by atoms with Crippen molar-refractivity contribution < 1.29 is 4.79 Å². The maximum atomic E-state index is 10.9. The first-order chi connectivity index (χ1) is 6.36. The molecule has 0 aromatic heterocycles. The molecule has 1 saturated heterocycles. The van der Waals surface area contributed by atoms with Crippen molar-refractivity contribution in [1.29, 1.82) is 0 Å². The lowest BCUT2D eigenvalue weighted by Crippen LogP contribution is -2.46. The monoisotopic (exact) mass is 176 g/mol. The SMILES string of the molecule is O=C1CNC(c2ccccc2)CN1. The van der Waals surface area contributed by atoms with Gasteiger partial charge in [0.15, 0.2) is 0 Å². The van der Waals surface area contributed by atoms with Crippen molar-refractivity contribution in [1.82, 2.24) is 10.6 Å². The predicted octanol–water partition coefficient (Wildman–Crippen LogP) is 0.447. The average molecular weight is 176 g/mol. The molecule has 2 N–H and O–H groups in total. The van der Waals surface area contributed by atoms with Crippen molar-refractivity contribution in [3.63, 3.8) is 0 Å². The van der Waals surface area contributed by atoms with Gasteiger partial charge in [-0.05, 0) is 5.56 Å². The van der Waals surface area contributed by atoms with Gasteiger partial charge in [-0.15, -0.1) is 0 Å². The van der Waals surface area contributed by atoms with Gasteiger partial charge in [-0.2, -0.15) is 0 Å². The number of rotatable bonds is 1. The van der Waals surface area contributed by atoms with Gasteiger partial charge in [-0.3, -0.25) is 10.1 Å². The van der Waals surface area contributed by atoms with Gasteiger partial charge >= 0.3 is 0 Å². The fourth-order valence-electron chi connectivity index (χ4n) is 1.49. The lowest BCUT2D eigenvalue weighted by molar-refractivity contribution is -0.121. The molecule has 3 heteroatoms. The molecule has 1 aromatic carbocycles. The minimum atomic E-state index is 0.0761. The van der Waals surface area contributed by atoms with Crippen LogP contribution in [-0.4, -0.2) is 19.0 Å². The highest BCUT2D eigenvalue weighted by atomic mass is 16.2. The molecule has 1 aliphatic rings. The second-order valence-corrected chi connectivity index (χ2v) is 3.15. The summed E-state index contributed by atoms with van der Waals surface area (Å²) in [6.07, 6.45) is 0. The molecule has 0 radical (unpaired) electrons. The Labute approximate surface area is 77.1 Å². The van der Waals surface area contributed by atoms with Gasteiger partial charge in [0, 0.05) is 6.54 Å². The smallest absolute Gasteiger partial charge is 0.234 e. The van der Waals surface area contributed by atoms with Crippen molar-refractivity contribution in [2.75, 3.05) is 13.1 Å². The molecule has 3 nitrogen and oxygen atoms in total. The van der Waals surface area contributed by atoms with Crippen molar-refractivity contribution in [2.45, 2.75) is 6.04 Å². The van der Waals surface area contributed by atoms with Gasteiger partial charge in [-0.1, -0.05) is 30.3 Å². The van der Waals surface area contributed by atoms with E-state index in [9.17, 15) is 4.79 Å². The molecule has 1 fully saturated rings. The van der Waals surface area contributed by atoms with Crippen LogP contribution in [0.25, 0.3) is 0 Å². The molecule has 1 aliphatic heterocycles. The number of amides is 1. The number of hydrogen-bond acceptors (Lipinski definition) is 2. The molecule has 0 spiro atoms. The molecule has 1 heterocycles. The van der Waals surface area contributed by atoms with Gasteiger partial charge in [-0.25, -0.2) is 0 Å². The average Bonchev–Trinajstić information content (AvgIpc) is 2.20. The summed E-state index contributed by atoms with van der Waals surface area (Å²) < 4.78 is 0. The Kier molecular flexibility index (Phi) is 2.27. The number of nitrogens with one attached hydrogen (secondary N) is 2. The van der Waals surface area contributed by atoms with E-state index in [2.05, 4.69) is 22.8 Å². The number of carbonyl (C=O) groups excluding carboxylic acids is 1. The molecule has 0 bridgehead atoms. The summed E-state index contributed by atoms with van der Waals surface area (Å²) in [5, 5.41) is 6.00. The van der Waals surface area contributed by atoms with Crippen LogP contribution in [0.3, 0.4) is 0 Å². The Balaban J connectivity index is 2.07. The van der Waals surface area contributed by atoms with Gasteiger partial charge in [0.2, 0.25) is 5.91 Å². The maximum Gasteiger partial charge on any atom is 0.234 e.